The number of hydrogen-bond acceptors (Lipinski definition) is 4. The third-order valence-corrected chi connectivity index (χ3v) is 2.20. The smallest absolute Gasteiger partial charge is 0.215 e. The van der Waals surface area contributed by atoms with Crippen LogP contribution in [-0.4, -0.2) is 35.7 Å². The van der Waals surface area contributed by atoms with Crippen LogP contribution in [0.4, 0.5) is 0 Å². The molecule has 1 aliphatic rings. The van der Waals surface area contributed by atoms with Gasteiger partial charge in [-0.05, 0) is 6.42 Å². The number of nitrogens with zero attached hydrogens (tertiary/aromatic N) is 1. The summed E-state index contributed by atoms with van der Waals surface area (Å²) in [5.74, 6) is -0.391. The van der Waals surface area contributed by atoms with Crippen molar-refractivity contribution in [3.8, 4) is 0 Å². The van der Waals surface area contributed by atoms with Crippen molar-refractivity contribution in [2.75, 3.05) is 6.54 Å². The quantitative estimate of drug-likeness (QED) is 0.369. The van der Waals surface area contributed by atoms with Gasteiger partial charge in [-0.1, -0.05) is 12.2 Å². The van der Waals surface area contributed by atoms with E-state index >= 15 is 0 Å². The molecule has 1 heterocycles. The van der Waals surface area contributed by atoms with Crippen molar-refractivity contribution in [3.05, 3.63) is 25.3 Å². The first-order valence-corrected chi connectivity index (χ1v) is 4.48. The molecule has 0 saturated carbocycles. The molecule has 1 aliphatic heterocycles. The van der Waals surface area contributed by atoms with E-state index in [-0.39, 0.29) is 12.1 Å². The third kappa shape index (κ3) is 1.97. The zero-order valence-corrected chi connectivity index (χ0v) is 7.98. The van der Waals surface area contributed by atoms with E-state index in [4.69, 9.17) is 0 Å². The second-order valence-corrected chi connectivity index (χ2v) is 3.17. The van der Waals surface area contributed by atoms with Gasteiger partial charge in [0.15, 0.2) is 6.29 Å². The molecule has 0 aromatic heterocycles. The lowest BCUT2D eigenvalue weighted by Gasteiger charge is -2.46. The first-order valence-electron chi connectivity index (χ1n) is 4.48. The third-order valence-electron chi connectivity index (χ3n) is 2.20. The SMILES string of the molecule is C=CCC1NN(CC=C)C1C(=O)C=O. The highest BCUT2D eigenvalue weighted by Crippen LogP contribution is 2.17. The maximum Gasteiger partial charge on any atom is 0.215 e. The molecule has 0 aliphatic carbocycles. The molecule has 2 atom stereocenters. The molecule has 76 valence electrons. The second kappa shape index (κ2) is 4.83. The summed E-state index contributed by atoms with van der Waals surface area (Å²) < 4.78 is 0. The number of hydrogen-bond donors (Lipinski definition) is 1. The Morgan fingerprint density at radius 3 is 2.64 bits per heavy atom. The van der Waals surface area contributed by atoms with Crippen LogP contribution >= 0.6 is 0 Å². The van der Waals surface area contributed by atoms with E-state index in [9.17, 15) is 9.59 Å². The number of ketones is 1. The highest BCUT2D eigenvalue weighted by Gasteiger charge is 2.41. The summed E-state index contributed by atoms with van der Waals surface area (Å²) in [5.41, 5.74) is 3.06. The lowest BCUT2D eigenvalue weighted by atomic mass is 9.96. The number of nitrogens with one attached hydrogen (secondary N) is 1. The monoisotopic (exact) mass is 194 g/mol. The predicted molar refractivity (Wildman–Crippen MR) is 53.5 cm³/mol. The summed E-state index contributed by atoms with van der Waals surface area (Å²) >= 11 is 0. The highest BCUT2D eigenvalue weighted by atomic mass is 16.2. The van der Waals surface area contributed by atoms with E-state index in [1.54, 1.807) is 17.2 Å². The van der Waals surface area contributed by atoms with E-state index < -0.39 is 5.78 Å². The van der Waals surface area contributed by atoms with E-state index in [0.717, 1.165) is 0 Å². The number of aldehydes is 1. The molecule has 0 aromatic carbocycles. The molecule has 0 radical (unpaired) electrons. The van der Waals surface area contributed by atoms with Crippen molar-refractivity contribution in [3.63, 3.8) is 0 Å². The number of rotatable bonds is 6. The van der Waals surface area contributed by atoms with Crippen LogP contribution in [0, 0.1) is 0 Å². The first kappa shape index (κ1) is 10.8. The Morgan fingerprint density at radius 2 is 2.14 bits per heavy atom. The molecule has 0 bridgehead atoms. The Bertz CT molecular complexity index is 247. The summed E-state index contributed by atoms with van der Waals surface area (Å²) in [5, 5.41) is 1.71. The molecule has 2 unspecified atom stereocenters. The van der Waals surface area contributed by atoms with Gasteiger partial charge in [0.1, 0.15) is 6.04 Å². The summed E-state index contributed by atoms with van der Waals surface area (Å²) in [6, 6.07) is -0.353. The van der Waals surface area contributed by atoms with Crippen LogP contribution in [0.15, 0.2) is 25.3 Å². The van der Waals surface area contributed by atoms with E-state index in [0.29, 0.717) is 19.3 Å². The fourth-order valence-corrected chi connectivity index (χ4v) is 1.59. The van der Waals surface area contributed by atoms with Gasteiger partial charge >= 0.3 is 0 Å². The fourth-order valence-electron chi connectivity index (χ4n) is 1.59. The average Bonchev–Trinajstić information content (AvgIpc) is 2.16. The van der Waals surface area contributed by atoms with Crippen LogP contribution in [0.25, 0.3) is 0 Å². The summed E-state index contributed by atoms with van der Waals surface area (Å²) in [4.78, 5) is 21.6. The first-order chi connectivity index (χ1) is 6.74. The lowest BCUT2D eigenvalue weighted by molar-refractivity contribution is -0.142. The van der Waals surface area contributed by atoms with Gasteiger partial charge in [0, 0.05) is 12.6 Å². The maximum absolute atomic E-state index is 11.2. The van der Waals surface area contributed by atoms with Crippen molar-refractivity contribution < 1.29 is 9.59 Å². The Balaban J connectivity index is 2.60. The number of Topliss-reactive ketones (excluding diaryl/α,β-unsaturated/α-hetero) is 1. The zero-order chi connectivity index (χ0) is 10.6. The second-order valence-electron chi connectivity index (χ2n) is 3.17. The van der Waals surface area contributed by atoms with Crippen LogP contribution in [0.5, 0.6) is 0 Å². The van der Waals surface area contributed by atoms with E-state index in [1.807, 2.05) is 0 Å². The van der Waals surface area contributed by atoms with Crippen molar-refractivity contribution in [2.45, 2.75) is 18.5 Å². The molecule has 0 amide bonds. The molecule has 14 heavy (non-hydrogen) atoms. The maximum atomic E-state index is 11.2. The summed E-state index contributed by atoms with van der Waals surface area (Å²) in [6.45, 7) is 7.72. The van der Waals surface area contributed by atoms with E-state index in [1.165, 1.54) is 0 Å². The van der Waals surface area contributed by atoms with Gasteiger partial charge in [-0.15, -0.1) is 13.2 Å². The van der Waals surface area contributed by atoms with Crippen LogP contribution < -0.4 is 5.43 Å². The zero-order valence-electron chi connectivity index (χ0n) is 7.98. The number of carbonyl (C=O) groups excluding carboxylic acids is 2. The normalized spacial score (nSPS) is 26.3. The predicted octanol–water partition coefficient (Wildman–Crippen LogP) is 0.0739. The molecular formula is C10H14N2O2. The Labute approximate surface area is 83.2 Å². The lowest BCUT2D eigenvalue weighted by Crippen LogP contribution is -2.72. The fraction of sp³-hybridized carbons (Fsp3) is 0.400. The Morgan fingerprint density at radius 1 is 1.43 bits per heavy atom. The minimum Gasteiger partial charge on any atom is -0.295 e. The van der Waals surface area contributed by atoms with Crippen molar-refractivity contribution in [2.24, 2.45) is 0 Å². The minimum absolute atomic E-state index is 0.00477. The van der Waals surface area contributed by atoms with Crippen molar-refractivity contribution >= 4 is 12.1 Å². The molecule has 1 fully saturated rings. The number of carbonyl (C=O) groups is 2. The Hall–Kier alpha value is -1.26. The highest BCUT2D eigenvalue weighted by molar-refractivity contribution is 6.27. The topological polar surface area (TPSA) is 49.4 Å². The van der Waals surface area contributed by atoms with Gasteiger partial charge in [0.05, 0.1) is 0 Å². The van der Waals surface area contributed by atoms with E-state index in [2.05, 4.69) is 18.6 Å². The molecule has 0 spiro atoms. The van der Waals surface area contributed by atoms with Crippen LogP contribution in [0.2, 0.25) is 0 Å². The molecule has 1 rings (SSSR count). The molecule has 0 aromatic rings. The molecule has 4 heteroatoms. The van der Waals surface area contributed by atoms with Crippen LogP contribution in [0.3, 0.4) is 0 Å². The molecular weight excluding hydrogens is 180 g/mol. The van der Waals surface area contributed by atoms with Crippen molar-refractivity contribution in [1.82, 2.24) is 10.4 Å². The average molecular weight is 194 g/mol. The number of hydrazine groups is 1. The van der Waals surface area contributed by atoms with Crippen molar-refractivity contribution in [1.29, 1.82) is 0 Å². The van der Waals surface area contributed by atoms with Gasteiger partial charge in [-0.2, -0.15) is 0 Å². The molecule has 1 N–H and O–H groups in total. The summed E-state index contributed by atoms with van der Waals surface area (Å²) in [6.07, 6.45) is 4.46. The van der Waals surface area contributed by atoms with Gasteiger partial charge < -0.3 is 0 Å². The van der Waals surface area contributed by atoms with Gasteiger partial charge in [-0.25, -0.2) is 10.4 Å². The standard InChI is InChI=1S/C10H14N2O2/c1-3-5-8-10(9(14)7-13)12(11-8)6-4-2/h3-4,7-8,10-11H,1-2,5-6H2. The van der Waals surface area contributed by atoms with Gasteiger partial charge in [0.2, 0.25) is 5.78 Å². The summed E-state index contributed by atoms with van der Waals surface area (Å²) in [7, 11) is 0. The Kier molecular flexibility index (Phi) is 3.73. The molecule has 1 saturated heterocycles. The van der Waals surface area contributed by atoms with Gasteiger partial charge in [-0.3, -0.25) is 9.59 Å². The van der Waals surface area contributed by atoms with Crippen LogP contribution in [-0.2, 0) is 9.59 Å². The van der Waals surface area contributed by atoms with Gasteiger partial charge in [0.25, 0.3) is 0 Å². The van der Waals surface area contributed by atoms with Crippen LogP contribution in [0.1, 0.15) is 6.42 Å². The molecule has 4 nitrogen and oxygen atoms in total. The largest absolute Gasteiger partial charge is 0.295 e. The minimum atomic E-state index is -0.391.